The Labute approximate surface area is 115 Å². The summed E-state index contributed by atoms with van der Waals surface area (Å²) in [5.74, 6) is 0.153. The van der Waals surface area contributed by atoms with Gasteiger partial charge in [-0.25, -0.2) is 9.37 Å². The maximum Gasteiger partial charge on any atom is 0.266 e. The normalized spacial score (nSPS) is 10.9. The van der Waals surface area contributed by atoms with Gasteiger partial charge in [0, 0.05) is 0 Å². The zero-order valence-corrected chi connectivity index (χ0v) is 11.2. The zero-order valence-electron chi connectivity index (χ0n) is 11.2. The first-order valence-electron chi connectivity index (χ1n) is 6.33. The Hall–Kier alpha value is -2.49. The van der Waals surface area contributed by atoms with Crippen LogP contribution in [-0.2, 0) is 0 Å². The van der Waals surface area contributed by atoms with E-state index in [9.17, 15) is 9.18 Å². The fraction of sp³-hybridized carbons (Fsp3) is 0.125. The second-order valence-electron chi connectivity index (χ2n) is 4.75. The lowest BCUT2D eigenvalue weighted by Gasteiger charge is -2.13. The highest BCUT2D eigenvalue weighted by Gasteiger charge is 2.11. The number of aromatic nitrogens is 2. The van der Waals surface area contributed by atoms with Gasteiger partial charge in [0.25, 0.3) is 5.56 Å². The Morgan fingerprint density at radius 2 is 1.85 bits per heavy atom. The summed E-state index contributed by atoms with van der Waals surface area (Å²) < 4.78 is 14.9. The van der Waals surface area contributed by atoms with E-state index in [-0.39, 0.29) is 5.56 Å². The first kappa shape index (κ1) is 12.5. The predicted octanol–water partition coefficient (Wildman–Crippen LogP) is 3.14. The van der Waals surface area contributed by atoms with E-state index in [2.05, 4.69) is 4.98 Å². The average Bonchev–Trinajstić information content (AvgIpc) is 2.42. The van der Waals surface area contributed by atoms with E-state index in [0.29, 0.717) is 16.7 Å². The molecule has 0 aliphatic carbocycles. The van der Waals surface area contributed by atoms with Crippen molar-refractivity contribution in [1.82, 2.24) is 9.55 Å². The molecule has 2 aromatic carbocycles. The van der Waals surface area contributed by atoms with Gasteiger partial charge in [-0.1, -0.05) is 18.2 Å². The molecule has 3 aromatic rings. The molecule has 3 rings (SSSR count). The third-order valence-electron chi connectivity index (χ3n) is 3.35. The van der Waals surface area contributed by atoms with Crippen molar-refractivity contribution >= 4 is 10.9 Å². The van der Waals surface area contributed by atoms with E-state index in [4.69, 9.17) is 0 Å². The predicted molar refractivity (Wildman–Crippen MR) is 76.8 cm³/mol. The van der Waals surface area contributed by atoms with Crippen LogP contribution in [0.3, 0.4) is 0 Å². The molecule has 0 fully saturated rings. The molecule has 3 nitrogen and oxygen atoms in total. The maximum atomic E-state index is 13.4. The van der Waals surface area contributed by atoms with Gasteiger partial charge in [-0.05, 0) is 43.7 Å². The van der Waals surface area contributed by atoms with Crippen LogP contribution < -0.4 is 5.56 Å². The lowest BCUT2D eigenvalue weighted by atomic mass is 10.2. The van der Waals surface area contributed by atoms with Crippen LogP contribution >= 0.6 is 0 Å². The quantitative estimate of drug-likeness (QED) is 0.679. The fourth-order valence-corrected chi connectivity index (χ4v) is 2.37. The molecule has 0 amide bonds. The second-order valence-corrected chi connectivity index (χ2v) is 4.75. The highest BCUT2D eigenvalue weighted by atomic mass is 19.1. The summed E-state index contributed by atoms with van der Waals surface area (Å²) in [6, 6.07) is 11.6. The highest BCUT2D eigenvalue weighted by molar-refractivity contribution is 5.78. The van der Waals surface area contributed by atoms with Gasteiger partial charge in [-0.3, -0.25) is 9.36 Å². The molecule has 1 aromatic heterocycles. The van der Waals surface area contributed by atoms with Crippen LogP contribution in [-0.4, -0.2) is 9.55 Å². The van der Waals surface area contributed by atoms with Gasteiger partial charge in [0.05, 0.1) is 16.6 Å². The fourth-order valence-electron chi connectivity index (χ4n) is 2.37. The van der Waals surface area contributed by atoms with E-state index in [0.717, 1.165) is 11.3 Å². The number of para-hydroxylation sites is 1. The summed E-state index contributed by atoms with van der Waals surface area (Å²) in [5.41, 5.74) is 2.00. The third kappa shape index (κ3) is 1.90. The molecule has 4 heteroatoms. The SMILES string of the molecule is Cc1ccccc1-n1c(C)nc2ccc(F)cc2c1=O. The number of rotatable bonds is 1. The number of aryl methyl sites for hydroxylation is 2. The number of nitrogens with zero attached hydrogens (tertiary/aromatic N) is 2. The molecule has 0 aliphatic heterocycles. The monoisotopic (exact) mass is 268 g/mol. The molecule has 20 heavy (non-hydrogen) atoms. The van der Waals surface area contributed by atoms with Crippen LogP contribution in [0.5, 0.6) is 0 Å². The van der Waals surface area contributed by atoms with Crippen LogP contribution in [0.15, 0.2) is 47.3 Å². The molecule has 0 radical (unpaired) electrons. The molecule has 0 saturated carbocycles. The Morgan fingerprint density at radius 3 is 2.60 bits per heavy atom. The molecule has 0 atom stereocenters. The minimum absolute atomic E-state index is 0.249. The average molecular weight is 268 g/mol. The van der Waals surface area contributed by atoms with Crippen molar-refractivity contribution in [2.45, 2.75) is 13.8 Å². The Balaban J connectivity index is 2.43. The summed E-state index contributed by atoms with van der Waals surface area (Å²) in [4.78, 5) is 17.0. The van der Waals surface area contributed by atoms with Gasteiger partial charge in [0.1, 0.15) is 11.6 Å². The van der Waals surface area contributed by atoms with Crippen molar-refractivity contribution in [1.29, 1.82) is 0 Å². The van der Waals surface area contributed by atoms with Crippen molar-refractivity contribution in [3.8, 4) is 5.69 Å². The van der Waals surface area contributed by atoms with Crippen molar-refractivity contribution < 1.29 is 4.39 Å². The smallest absolute Gasteiger partial charge is 0.266 e. The Kier molecular flexibility index (Phi) is 2.86. The van der Waals surface area contributed by atoms with Crippen LogP contribution in [0.25, 0.3) is 16.6 Å². The maximum absolute atomic E-state index is 13.4. The summed E-state index contributed by atoms with van der Waals surface area (Å²) in [6.45, 7) is 3.70. The highest BCUT2D eigenvalue weighted by Crippen LogP contribution is 2.16. The number of hydrogen-bond acceptors (Lipinski definition) is 2. The minimum Gasteiger partial charge on any atom is -0.268 e. The van der Waals surface area contributed by atoms with Crippen molar-refractivity contribution in [2.75, 3.05) is 0 Å². The van der Waals surface area contributed by atoms with E-state index >= 15 is 0 Å². The van der Waals surface area contributed by atoms with E-state index in [1.165, 1.54) is 22.8 Å². The molecule has 0 saturated heterocycles. The lowest BCUT2D eigenvalue weighted by molar-refractivity contribution is 0.629. The Bertz CT molecular complexity index is 868. The number of benzene rings is 2. The van der Waals surface area contributed by atoms with Crippen molar-refractivity contribution in [3.63, 3.8) is 0 Å². The molecule has 1 heterocycles. The molecule has 0 N–H and O–H groups in total. The molecule has 0 bridgehead atoms. The van der Waals surface area contributed by atoms with Crippen LogP contribution in [0.2, 0.25) is 0 Å². The van der Waals surface area contributed by atoms with Crippen LogP contribution in [0.4, 0.5) is 4.39 Å². The second kappa shape index (κ2) is 4.56. The van der Waals surface area contributed by atoms with Crippen LogP contribution in [0.1, 0.15) is 11.4 Å². The van der Waals surface area contributed by atoms with Gasteiger partial charge in [-0.15, -0.1) is 0 Å². The number of hydrogen-bond donors (Lipinski definition) is 0. The van der Waals surface area contributed by atoms with E-state index in [1.54, 1.807) is 6.92 Å². The van der Waals surface area contributed by atoms with Gasteiger partial charge < -0.3 is 0 Å². The third-order valence-corrected chi connectivity index (χ3v) is 3.35. The van der Waals surface area contributed by atoms with E-state index in [1.807, 2.05) is 31.2 Å². The molecular weight excluding hydrogens is 255 g/mol. The largest absolute Gasteiger partial charge is 0.268 e. The summed E-state index contributed by atoms with van der Waals surface area (Å²) in [7, 11) is 0. The lowest BCUT2D eigenvalue weighted by Crippen LogP contribution is -2.23. The standard InChI is InChI=1S/C16H13FN2O/c1-10-5-3-4-6-15(10)19-11(2)18-14-8-7-12(17)9-13(14)16(19)20/h3-9H,1-2H3. The van der Waals surface area contributed by atoms with Gasteiger partial charge in [-0.2, -0.15) is 0 Å². The topological polar surface area (TPSA) is 34.9 Å². The Morgan fingerprint density at radius 1 is 1.10 bits per heavy atom. The first-order chi connectivity index (χ1) is 9.58. The molecule has 0 unspecified atom stereocenters. The molecular formula is C16H13FN2O. The van der Waals surface area contributed by atoms with E-state index < -0.39 is 5.82 Å². The summed E-state index contributed by atoms with van der Waals surface area (Å²) >= 11 is 0. The zero-order chi connectivity index (χ0) is 14.3. The summed E-state index contributed by atoms with van der Waals surface area (Å²) in [5, 5.41) is 0.291. The van der Waals surface area contributed by atoms with Crippen molar-refractivity contribution in [2.24, 2.45) is 0 Å². The number of fused-ring (bicyclic) bond motifs is 1. The molecule has 100 valence electrons. The van der Waals surface area contributed by atoms with Gasteiger partial charge in [0.15, 0.2) is 0 Å². The summed E-state index contributed by atoms with van der Waals surface area (Å²) in [6.07, 6.45) is 0. The molecule has 0 spiro atoms. The van der Waals surface area contributed by atoms with Crippen LogP contribution in [0, 0.1) is 19.7 Å². The minimum atomic E-state index is -0.434. The van der Waals surface area contributed by atoms with Gasteiger partial charge in [0.2, 0.25) is 0 Å². The molecule has 0 aliphatic rings. The van der Waals surface area contributed by atoms with Gasteiger partial charge >= 0.3 is 0 Å². The van der Waals surface area contributed by atoms with Crippen molar-refractivity contribution in [3.05, 3.63) is 70.0 Å². The number of halogens is 1. The first-order valence-corrected chi connectivity index (χ1v) is 6.33.